The normalized spacial score (nSPS) is 8.65. The fourth-order valence-electron chi connectivity index (χ4n) is 1.30. The van der Waals surface area contributed by atoms with Gasteiger partial charge in [-0.05, 0) is 18.2 Å². The lowest BCUT2D eigenvalue weighted by molar-refractivity contribution is 0.0556. The number of esters is 1. The number of hydrogen-bond donors (Lipinski definition) is 0. The summed E-state index contributed by atoms with van der Waals surface area (Å²) in [6.07, 6.45) is 15.3. The summed E-state index contributed by atoms with van der Waals surface area (Å²) in [5.41, 5.74) is 0.278. The number of hydrogen-bond acceptors (Lipinski definition) is 4. The Morgan fingerprint density at radius 1 is 0.950 bits per heavy atom. The van der Waals surface area contributed by atoms with E-state index in [9.17, 15) is 4.79 Å². The lowest BCUT2D eigenvalue weighted by Crippen LogP contribution is -2.07. The second-order valence-electron chi connectivity index (χ2n) is 3.43. The van der Waals surface area contributed by atoms with Gasteiger partial charge in [0, 0.05) is 0 Å². The zero-order valence-electron chi connectivity index (χ0n) is 10.7. The molecule has 0 aliphatic rings. The van der Waals surface area contributed by atoms with Crippen LogP contribution in [0.15, 0.2) is 18.2 Å². The summed E-state index contributed by atoms with van der Waals surface area (Å²) in [5, 5.41) is 0. The second-order valence-corrected chi connectivity index (χ2v) is 3.43. The van der Waals surface area contributed by atoms with E-state index in [1.54, 1.807) is 6.07 Å². The summed E-state index contributed by atoms with van der Waals surface area (Å²) >= 11 is 0. The first-order valence-electron chi connectivity index (χ1n) is 5.60. The third-order valence-electron chi connectivity index (χ3n) is 2.09. The van der Waals surface area contributed by atoms with Crippen molar-refractivity contribution < 1.29 is 19.0 Å². The van der Waals surface area contributed by atoms with Crippen molar-refractivity contribution in [2.75, 3.05) is 19.8 Å². The van der Waals surface area contributed by atoms with Crippen molar-refractivity contribution in [1.82, 2.24) is 0 Å². The largest absolute Gasteiger partial charge is 0.477 e. The lowest BCUT2D eigenvalue weighted by Gasteiger charge is -2.11. The first kappa shape index (κ1) is 15.0. The quantitative estimate of drug-likeness (QED) is 0.579. The van der Waals surface area contributed by atoms with Crippen LogP contribution in [0.1, 0.15) is 10.4 Å². The molecule has 0 aromatic heterocycles. The van der Waals surface area contributed by atoms with E-state index in [0.717, 1.165) is 0 Å². The van der Waals surface area contributed by atoms with Crippen LogP contribution in [-0.4, -0.2) is 25.8 Å². The van der Waals surface area contributed by atoms with E-state index >= 15 is 0 Å². The van der Waals surface area contributed by atoms with E-state index in [1.807, 2.05) is 0 Å². The maximum Gasteiger partial charge on any atom is 0.339 e. The highest BCUT2D eigenvalue weighted by Crippen LogP contribution is 2.28. The maximum absolute atomic E-state index is 11.7. The smallest absolute Gasteiger partial charge is 0.339 e. The van der Waals surface area contributed by atoms with Crippen LogP contribution in [-0.2, 0) is 4.74 Å². The molecule has 100 valence electrons. The summed E-state index contributed by atoms with van der Waals surface area (Å²) in [6, 6.07) is 4.53. The lowest BCUT2D eigenvalue weighted by atomic mass is 10.2. The van der Waals surface area contributed by atoms with Crippen LogP contribution in [0.4, 0.5) is 0 Å². The molecule has 0 saturated heterocycles. The molecule has 0 saturated carbocycles. The van der Waals surface area contributed by atoms with Crippen LogP contribution >= 0.6 is 0 Å². The Balaban J connectivity index is 2.95. The van der Waals surface area contributed by atoms with E-state index < -0.39 is 5.97 Å². The first-order valence-corrected chi connectivity index (χ1v) is 5.60. The van der Waals surface area contributed by atoms with Crippen molar-refractivity contribution in [3.63, 3.8) is 0 Å². The highest BCUT2D eigenvalue weighted by Gasteiger charge is 2.12. The molecule has 0 amide bonds. The molecule has 20 heavy (non-hydrogen) atoms. The summed E-state index contributed by atoms with van der Waals surface area (Å²) in [4.78, 5) is 11.7. The number of benzene rings is 1. The SMILES string of the molecule is C#CCOC(=O)c1ccc(OCC#C)c(OCC#C)c1. The highest BCUT2D eigenvalue weighted by molar-refractivity contribution is 5.90. The van der Waals surface area contributed by atoms with Crippen LogP contribution in [0.3, 0.4) is 0 Å². The fraction of sp³-hybridized carbons (Fsp3) is 0.188. The van der Waals surface area contributed by atoms with Gasteiger partial charge in [-0.3, -0.25) is 0 Å². The first-order chi connectivity index (χ1) is 9.72. The Kier molecular flexibility index (Phi) is 6.12. The van der Waals surface area contributed by atoms with Crippen LogP contribution < -0.4 is 9.47 Å². The molecule has 0 fully saturated rings. The van der Waals surface area contributed by atoms with Gasteiger partial charge in [0.15, 0.2) is 18.1 Å². The number of carbonyl (C=O) groups is 1. The third-order valence-corrected chi connectivity index (χ3v) is 2.09. The molecule has 4 heteroatoms. The Bertz CT molecular complexity index is 596. The molecule has 0 unspecified atom stereocenters. The highest BCUT2D eigenvalue weighted by atomic mass is 16.5. The van der Waals surface area contributed by atoms with Gasteiger partial charge in [-0.1, -0.05) is 17.8 Å². The van der Waals surface area contributed by atoms with Crippen molar-refractivity contribution in [1.29, 1.82) is 0 Å². The average molecular weight is 268 g/mol. The van der Waals surface area contributed by atoms with Gasteiger partial charge in [0.25, 0.3) is 0 Å². The molecule has 0 aliphatic carbocycles. The van der Waals surface area contributed by atoms with Crippen LogP contribution in [0.25, 0.3) is 0 Å². The summed E-state index contributed by atoms with van der Waals surface area (Å²) in [5.74, 6) is 7.01. The van der Waals surface area contributed by atoms with Gasteiger partial charge in [-0.2, -0.15) is 0 Å². The standard InChI is InChI=1S/C16H12O4/c1-4-9-18-14-8-7-13(16(17)20-11-6-3)12-15(14)19-10-5-2/h1-3,7-8,12H,9-11H2. The number of rotatable bonds is 6. The summed E-state index contributed by atoms with van der Waals surface area (Å²) in [6.45, 7) is 0.0112. The number of ether oxygens (including phenoxy) is 3. The molecule has 0 aliphatic heterocycles. The third kappa shape index (κ3) is 4.33. The van der Waals surface area contributed by atoms with Gasteiger partial charge in [0.1, 0.15) is 13.2 Å². The van der Waals surface area contributed by atoms with Gasteiger partial charge >= 0.3 is 5.97 Å². The molecule has 0 atom stereocenters. The van der Waals surface area contributed by atoms with E-state index in [4.69, 9.17) is 33.5 Å². The van der Waals surface area contributed by atoms with Crippen LogP contribution in [0.2, 0.25) is 0 Å². The molecular formula is C16H12O4. The average Bonchev–Trinajstić information content (AvgIpc) is 2.48. The molecule has 0 spiro atoms. The van der Waals surface area contributed by atoms with Gasteiger partial charge in [0.05, 0.1) is 5.56 Å². The zero-order chi connectivity index (χ0) is 14.8. The van der Waals surface area contributed by atoms with Gasteiger partial charge < -0.3 is 14.2 Å². The molecule has 0 radical (unpaired) electrons. The predicted octanol–water partition coefficient (Wildman–Crippen LogP) is 1.50. The topological polar surface area (TPSA) is 44.8 Å². The Hall–Kier alpha value is -3.03. The zero-order valence-corrected chi connectivity index (χ0v) is 10.7. The number of terminal acetylenes is 3. The molecule has 1 aromatic rings. The number of carbonyl (C=O) groups excluding carboxylic acids is 1. The van der Waals surface area contributed by atoms with Crippen molar-refractivity contribution in [3.05, 3.63) is 23.8 Å². The molecule has 0 N–H and O–H groups in total. The second kappa shape index (κ2) is 8.14. The van der Waals surface area contributed by atoms with E-state index in [2.05, 4.69) is 17.8 Å². The van der Waals surface area contributed by atoms with Crippen molar-refractivity contribution in [2.24, 2.45) is 0 Å². The molecule has 0 bridgehead atoms. The van der Waals surface area contributed by atoms with Crippen molar-refractivity contribution in [2.45, 2.75) is 0 Å². The van der Waals surface area contributed by atoms with E-state index in [-0.39, 0.29) is 25.4 Å². The Morgan fingerprint density at radius 2 is 1.55 bits per heavy atom. The van der Waals surface area contributed by atoms with Crippen LogP contribution in [0.5, 0.6) is 11.5 Å². The monoisotopic (exact) mass is 268 g/mol. The fourth-order valence-corrected chi connectivity index (χ4v) is 1.30. The van der Waals surface area contributed by atoms with Crippen LogP contribution in [0, 0.1) is 37.0 Å². The molecular weight excluding hydrogens is 256 g/mol. The van der Waals surface area contributed by atoms with Gasteiger partial charge in [0.2, 0.25) is 0 Å². The minimum atomic E-state index is -0.558. The minimum absolute atomic E-state index is 0.0370. The van der Waals surface area contributed by atoms with Crippen molar-refractivity contribution >= 4 is 5.97 Å². The summed E-state index contributed by atoms with van der Waals surface area (Å²) in [7, 11) is 0. The van der Waals surface area contributed by atoms with Gasteiger partial charge in [-0.25, -0.2) is 4.79 Å². The van der Waals surface area contributed by atoms with E-state index in [0.29, 0.717) is 11.5 Å². The minimum Gasteiger partial charge on any atom is -0.477 e. The molecule has 0 heterocycles. The maximum atomic E-state index is 11.7. The predicted molar refractivity (Wildman–Crippen MR) is 74.2 cm³/mol. The summed E-state index contributed by atoms with van der Waals surface area (Å²) < 4.78 is 15.4. The molecule has 1 aromatic carbocycles. The van der Waals surface area contributed by atoms with Crippen molar-refractivity contribution in [3.8, 4) is 48.5 Å². The van der Waals surface area contributed by atoms with Gasteiger partial charge in [-0.15, -0.1) is 19.3 Å². The molecule has 1 rings (SSSR count). The Morgan fingerprint density at radius 3 is 2.15 bits per heavy atom. The Labute approximate surface area is 118 Å². The molecule has 4 nitrogen and oxygen atoms in total. The van der Waals surface area contributed by atoms with E-state index in [1.165, 1.54) is 12.1 Å².